The molecular weight excluding hydrogens is 406 g/mol. The van der Waals surface area contributed by atoms with E-state index < -0.39 is 0 Å². The molecule has 0 aliphatic heterocycles. The number of ether oxygens (including phenoxy) is 2. The van der Waals surface area contributed by atoms with Crippen LogP contribution in [0.5, 0.6) is 17.2 Å². The highest BCUT2D eigenvalue weighted by molar-refractivity contribution is 7.98. The predicted molar refractivity (Wildman–Crippen MR) is 116 cm³/mol. The summed E-state index contributed by atoms with van der Waals surface area (Å²) in [6.45, 7) is 0. The van der Waals surface area contributed by atoms with E-state index in [1.54, 1.807) is 19.2 Å². The van der Waals surface area contributed by atoms with Crippen molar-refractivity contribution in [2.24, 2.45) is 0 Å². The molecule has 1 aromatic heterocycles. The lowest BCUT2D eigenvalue weighted by molar-refractivity contribution is 0.416. The number of rotatable bonds is 7. The van der Waals surface area contributed by atoms with Gasteiger partial charge >= 0.3 is 0 Å². The van der Waals surface area contributed by atoms with Crippen LogP contribution in [0.4, 0.5) is 0 Å². The Morgan fingerprint density at radius 1 is 0.966 bits per heavy atom. The average molecular weight is 424 g/mol. The Bertz CT molecular complexity index is 1100. The van der Waals surface area contributed by atoms with E-state index in [2.05, 4.69) is 15.2 Å². The highest BCUT2D eigenvalue weighted by atomic mass is 35.5. The van der Waals surface area contributed by atoms with Gasteiger partial charge in [-0.3, -0.25) is 5.10 Å². The zero-order valence-corrected chi connectivity index (χ0v) is 17.2. The Labute approximate surface area is 178 Å². The average Bonchev–Trinajstić information content (AvgIpc) is 3.23. The fourth-order valence-corrected chi connectivity index (χ4v) is 3.74. The van der Waals surface area contributed by atoms with Gasteiger partial charge in [0.1, 0.15) is 17.2 Å². The summed E-state index contributed by atoms with van der Waals surface area (Å²) in [4.78, 5) is 4.58. The van der Waals surface area contributed by atoms with Crippen molar-refractivity contribution in [3.8, 4) is 28.6 Å². The second-order valence-electron chi connectivity index (χ2n) is 6.12. The van der Waals surface area contributed by atoms with E-state index in [0.29, 0.717) is 27.5 Å². The largest absolute Gasteiger partial charge is 0.496 e. The first-order valence-corrected chi connectivity index (χ1v) is 10.3. The Kier molecular flexibility index (Phi) is 6.03. The molecule has 5 nitrogen and oxygen atoms in total. The quantitative estimate of drug-likeness (QED) is 0.357. The number of H-pyrrole nitrogens is 1. The number of nitrogens with one attached hydrogen (secondary N) is 1. The molecule has 29 heavy (non-hydrogen) atoms. The third kappa shape index (κ3) is 4.72. The molecule has 0 aliphatic carbocycles. The number of aromatic amines is 1. The van der Waals surface area contributed by atoms with Crippen LogP contribution in [0.3, 0.4) is 0 Å². The van der Waals surface area contributed by atoms with Gasteiger partial charge in [-0.1, -0.05) is 59.8 Å². The lowest BCUT2D eigenvalue weighted by Crippen LogP contribution is -1.90. The van der Waals surface area contributed by atoms with Crippen molar-refractivity contribution in [2.45, 2.75) is 10.9 Å². The first kappa shape index (κ1) is 19.4. The zero-order chi connectivity index (χ0) is 20.1. The van der Waals surface area contributed by atoms with Gasteiger partial charge in [-0.05, 0) is 36.4 Å². The third-order valence-electron chi connectivity index (χ3n) is 4.18. The molecule has 0 bridgehead atoms. The number of benzene rings is 3. The van der Waals surface area contributed by atoms with Crippen LogP contribution in [-0.2, 0) is 5.75 Å². The molecule has 3 aromatic carbocycles. The summed E-state index contributed by atoms with van der Waals surface area (Å²) in [5, 5.41) is 8.52. The van der Waals surface area contributed by atoms with Crippen molar-refractivity contribution in [3.63, 3.8) is 0 Å². The molecule has 0 radical (unpaired) electrons. The van der Waals surface area contributed by atoms with Gasteiger partial charge in [0.05, 0.1) is 12.7 Å². The van der Waals surface area contributed by atoms with E-state index >= 15 is 0 Å². The minimum Gasteiger partial charge on any atom is -0.496 e. The van der Waals surface area contributed by atoms with Crippen molar-refractivity contribution in [1.82, 2.24) is 15.2 Å². The molecule has 4 rings (SSSR count). The zero-order valence-electron chi connectivity index (χ0n) is 15.6. The topological polar surface area (TPSA) is 60.0 Å². The molecule has 0 unspecified atom stereocenters. The van der Waals surface area contributed by atoms with E-state index in [1.807, 2.05) is 60.7 Å². The maximum atomic E-state index is 6.12. The number of thioether (sulfide) groups is 1. The molecular formula is C22H18ClN3O2S. The lowest BCUT2D eigenvalue weighted by Gasteiger charge is -2.10. The summed E-state index contributed by atoms with van der Waals surface area (Å²) in [6.07, 6.45) is 0. The van der Waals surface area contributed by atoms with Crippen molar-refractivity contribution < 1.29 is 9.47 Å². The maximum absolute atomic E-state index is 6.12. The number of nitrogens with zero attached hydrogens (tertiary/aromatic N) is 2. The second kappa shape index (κ2) is 9.03. The van der Waals surface area contributed by atoms with Crippen LogP contribution in [0.15, 0.2) is 78.0 Å². The van der Waals surface area contributed by atoms with Gasteiger partial charge in [-0.25, -0.2) is 4.98 Å². The summed E-state index contributed by atoms with van der Waals surface area (Å²) in [5.41, 5.74) is 1.83. The fourth-order valence-electron chi connectivity index (χ4n) is 2.78. The SMILES string of the molecule is COc1ccc(Cl)cc1-c1nc(SCc2ccccc2Oc2ccccc2)n[nH]1. The van der Waals surface area contributed by atoms with Crippen molar-refractivity contribution >= 4 is 23.4 Å². The highest BCUT2D eigenvalue weighted by Gasteiger charge is 2.13. The molecule has 146 valence electrons. The summed E-state index contributed by atoms with van der Waals surface area (Å²) in [7, 11) is 1.61. The van der Waals surface area contributed by atoms with Crippen LogP contribution >= 0.6 is 23.4 Å². The van der Waals surface area contributed by atoms with E-state index in [9.17, 15) is 0 Å². The Hall–Kier alpha value is -2.96. The monoisotopic (exact) mass is 423 g/mol. The molecule has 0 fully saturated rings. The summed E-state index contributed by atoms with van der Waals surface area (Å²) in [5.74, 6) is 3.59. The van der Waals surface area contributed by atoms with Gasteiger partial charge in [0.15, 0.2) is 5.82 Å². The molecule has 0 aliphatic rings. The van der Waals surface area contributed by atoms with Gasteiger partial charge in [0.2, 0.25) is 5.16 Å². The van der Waals surface area contributed by atoms with E-state index in [4.69, 9.17) is 21.1 Å². The van der Waals surface area contributed by atoms with Crippen LogP contribution in [0, 0.1) is 0 Å². The Balaban J connectivity index is 1.49. The molecule has 0 spiro atoms. The van der Waals surface area contributed by atoms with Crippen molar-refractivity contribution in [1.29, 1.82) is 0 Å². The molecule has 0 atom stereocenters. The number of methoxy groups -OCH3 is 1. The van der Waals surface area contributed by atoms with Crippen molar-refractivity contribution in [2.75, 3.05) is 7.11 Å². The van der Waals surface area contributed by atoms with Crippen LogP contribution in [-0.4, -0.2) is 22.3 Å². The number of aromatic nitrogens is 3. The van der Waals surface area contributed by atoms with E-state index in [0.717, 1.165) is 22.6 Å². The standard InChI is InChI=1S/C22H18ClN3O2S/c1-27-20-12-11-16(23)13-18(20)21-24-22(26-25-21)29-14-15-7-5-6-10-19(15)28-17-8-3-2-4-9-17/h2-13H,14H2,1H3,(H,24,25,26). The summed E-state index contributed by atoms with van der Waals surface area (Å²) >= 11 is 7.64. The lowest BCUT2D eigenvalue weighted by atomic mass is 10.2. The smallest absolute Gasteiger partial charge is 0.209 e. The first-order valence-electron chi connectivity index (χ1n) is 8.93. The van der Waals surface area contributed by atoms with Crippen LogP contribution in [0.2, 0.25) is 5.02 Å². The van der Waals surface area contributed by atoms with Gasteiger partial charge in [-0.15, -0.1) is 5.10 Å². The first-order chi connectivity index (χ1) is 14.2. The molecule has 0 amide bonds. The van der Waals surface area contributed by atoms with Crippen LogP contribution in [0.25, 0.3) is 11.4 Å². The van der Waals surface area contributed by atoms with E-state index in [-0.39, 0.29) is 0 Å². The molecule has 0 saturated heterocycles. The van der Waals surface area contributed by atoms with Crippen LogP contribution in [0.1, 0.15) is 5.56 Å². The number of halogens is 1. The van der Waals surface area contributed by atoms with Crippen molar-refractivity contribution in [3.05, 3.63) is 83.4 Å². The van der Waals surface area contributed by atoms with Gasteiger partial charge < -0.3 is 9.47 Å². The molecule has 7 heteroatoms. The van der Waals surface area contributed by atoms with Gasteiger partial charge in [0, 0.05) is 16.3 Å². The minimum atomic E-state index is 0.610. The summed E-state index contributed by atoms with van der Waals surface area (Å²) < 4.78 is 11.4. The number of hydrogen-bond donors (Lipinski definition) is 1. The molecule has 4 aromatic rings. The summed E-state index contributed by atoms with van der Waals surface area (Å²) in [6, 6.07) is 23.1. The predicted octanol–water partition coefficient (Wildman–Crippen LogP) is 6.22. The maximum Gasteiger partial charge on any atom is 0.209 e. The molecule has 1 N–H and O–H groups in total. The van der Waals surface area contributed by atoms with Gasteiger partial charge in [0.25, 0.3) is 0 Å². The Morgan fingerprint density at radius 2 is 1.76 bits per heavy atom. The highest BCUT2D eigenvalue weighted by Crippen LogP contribution is 2.33. The molecule has 1 heterocycles. The second-order valence-corrected chi connectivity index (χ2v) is 7.50. The molecule has 0 saturated carbocycles. The van der Waals surface area contributed by atoms with Gasteiger partial charge in [-0.2, -0.15) is 0 Å². The van der Waals surface area contributed by atoms with E-state index in [1.165, 1.54) is 11.8 Å². The number of para-hydroxylation sites is 2. The third-order valence-corrected chi connectivity index (χ3v) is 5.31. The normalized spacial score (nSPS) is 10.7. The van der Waals surface area contributed by atoms with Crippen LogP contribution < -0.4 is 9.47 Å². The fraction of sp³-hybridized carbons (Fsp3) is 0.0909. The number of hydrogen-bond acceptors (Lipinski definition) is 5. The minimum absolute atomic E-state index is 0.610. The Morgan fingerprint density at radius 3 is 2.59 bits per heavy atom.